The van der Waals surface area contributed by atoms with Crippen molar-refractivity contribution >= 4 is 17.2 Å². The molecule has 0 spiro atoms. The summed E-state index contributed by atoms with van der Waals surface area (Å²) in [6.45, 7) is 17.7. The highest BCUT2D eigenvalue weighted by molar-refractivity contribution is 5.80. The van der Waals surface area contributed by atoms with Gasteiger partial charge >= 0.3 is 0 Å². The molecule has 1 aromatic rings. The van der Waals surface area contributed by atoms with Crippen molar-refractivity contribution in [2.75, 3.05) is 55.6 Å². The standard InChI is InChI=1S/C28H45N3O2/c1-6-25(32)20-29-13-15-30(16-14-29)27-8-7-24(31-18-21(2)33-22(3)19-31)17-26(27)23-9-11-28(4,5)12-10-23/h7-8,17,21-23H,6,9-16,18-20H2,1-5H3. The summed E-state index contributed by atoms with van der Waals surface area (Å²) >= 11 is 0. The highest BCUT2D eigenvalue weighted by Gasteiger charge is 2.31. The number of Topliss-reactive ketones (excluding diaryl/α,β-unsaturated/α-hetero) is 1. The fourth-order valence-electron chi connectivity index (χ4n) is 5.96. The molecule has 2 aliphatic heterocycles. The topological polar surface area (TPSA) is 36.0 Å². The third-order valence-electron chi connectivity index (χ3n) is 8.08. The SMILES string of the molecule is CCC(=O)CN1CCN(c2ccc(N3CC(C)OC(C)C3)cc2C2CCC(C)(C)CC2)CC1. The summed E-state index contributed by atoms with van der Waals surface area (Å²) in [7, 11) is 0. The molecule has 2 heterocycles. The Morgan fingerprint density at radius 1 is 1.00 bits per heavy atom. The molecule has 1 aromatic carbocycles. The van der Waals surface area contributed by atoms with Crippen LogP contribution in [0.15, 0.2) is 18.2 Å². The second kappa shape index (κ2) is 10.4. The van der Waals surface area contributed by atoms with Crippen LogP contribution in [0.1, 0.15) is 78.2 Å². The minimum Gasteiger partial charge on any atom is -0.372 e. The maximum atomic E-state index is 11.9. The first-order valence-corrected chi connectivity index (χ1v) is 13.3. The molecule has 4 rings (SSSR count). The largest absolute Gasteiger partial charge is 0.372 e. The number of carbonyl (C=O) groups is 1. The van der Waals surface area contributed by atoms with E-state index >= 15 is 0 Å². The van der Waals surface area contributed by atoms with Crippen molar-refractivity contribution in [2.45, 2.75) is 84.8 Å². The van der Waals surface area contributed by atoms with Crippen molar-refractivity contribution < 1.29 is 9.53 Å². The van der Waals surface area contributed by atoms with E-state index in [0.29, 0.717) is 30.1 Å². The predicted octanol–water partition coefficient (Wildman–Crippen LogP) is 5.09. The quantitative estimate of drug-likeness (QED) is 0.597. The van der Waals surface area contributed by atoms with Gasteiger partial charge in [0, 0.05) is 57.1 Å². The summed E-state index contributed by atoms with van der Waals surface area (Å²) in [6, 6.07) is 7.24. The summed E-state index contributed by atoms with van der Waals surface area (Å²) < 4.78 is 5.99. The summed E-state index contributed by atoms with van der Waals surface area (Å²) in [6.07, 6.45) is 6.36. The van der Waals surface area contributed by atoms with Gasteiger partial charge < -0.3 is 14.5 Å². The van der Waals surface area contributed by atoms with Crippen molar-refractivity contribution in [1.82, 2.24) is 4.90 Å². The molecule has 3 aliphatic rings. The van der Waals surface area contributed by atoms with Crippen molar-refractivity contribution in [2.24, 2.45) is 5.41 Å². The number of hydrogen-bond acceptors (Lipinski definition) is 5. The van der Waals surface area contributed by atoms with Crippen LogP contribution in [0.3, 0.4) is 0 Å². The number of ketones is 1. The normalized spacial score (nSPS) is 27.1. The first-order chi connectivity index (χ1) is 15.7. The van der Waals surface area contributed by atoms with Gasteiger partial charge in [-0.15, -0.1) is 0 Å². The van der Waals surface area contributed by atoms with Crippen LogP contribution in [0.5, 0.6) is 0 Å². The molecule has 5 nitrogen and oxygen atoms in total. The van der Waals surface area contributed by atoms with E-state index in [2.05, 4.69) is 60.6 Å². The summed E-state index contributed by atoms with van der Waals surface area (Å²) in [4.78, 5) is 19.3. The number of benzene rings is 1. The van der Waals surface area contributed by atoms with Gasteiger partial charge in [0.15, 0.2) is 0 Å². The van der Waals surface area contributed by atoms with E-state index in [1.54, 1.807) is 5.56 Å². The van der Waals surface area contributed by atoms with Gasteiger partial charge in [0.05, 0.1) is 18.8 Å². The van der Waals surface area contributed by atoms with Crippen molar-refractivity contribution in [3.05, 3.63) is 23.8 Å². The zero-order valence-corrected chi connectivity index (χ0v) is 21.6. The Labute approximate surface area is 201 Å². The molecule has 5 heteroatoms. The summed E-state index contributed by atoms with van der Waals surface area (Å²) in [5.74, 6) is 0.996. The van der Waals surface area contributed by atoms with Gasteiger partial charge in [-0.2, -0.15) is 0 Å². The third-order valence-corrected chi connectivity index (χ3v) is 8.08. The second-order valence-corrected chi connectivity index (χ2v) is 11.5. The maximum absolute atomic E-state index is 11.9. The molecule has 0 radical (unpaired) electrons. The first-order valence-electron chi connectivity index (χ1n) is 13.3. The molecule has 1 aliphatic carbocycles. The number of anilines is 2. The van der Waals surface area contributed by atoms with Crippen LogP contribution in [0.4, 0.5) is 11.4 Å². The van der Waals surface area contributed by atoms with Crippen LogP contribution in [-0.2, 0) is 9.53 Å². The van der Waals surface area contributed by atoms with Gasteiger partial charge in [0.1, 0.15) is 5.78 Å². The molecule has 2 saturated heterocycles. The monoisotopic (exact) mass is 455 g/mol. The van der Waals surface area contributed by atoms with Gasteiger partial charge in [-0.3, -0.25) is 9.69 Å². The van der Waals surface area contributed by atoms with E-state index in [-0.39, 0.29) is 12.2 Å². The van der Waals surface area contributed by atoms with E-state index in [0.717, 1.165) is 39.3 Å². The number of morpholine rings is 1. The van der Waals surface area contributed by atoms with Crippen LogP contribution >= 0.6 is 0 Å². The summed E-state index contributed by atoms with van der Waals surface area (Å²) in [5, 5.41) is 0. The Kier molecular flexibility index (Phi) is 7.69. The van der Waals surface area contributed by atoms with E-state index in [1.807, 2.05) is 6.92 Å². The number of piperazine rings is 1. The molecular weight excluding hydrogens is 410 g/mol. The summed E-state index contributed by atoms with van der Waals surface area (Å²) in [5.41, 5.74) is 4.81. The number of hydrogen-bond donors (Lipinski definition) is 0. The van der Waals surface area contributed by atoms with E-state index in [4.69, 9.17) is 4.74 Å². The molecular formula is C28H45N3O2. The molecule has 2 atom stereocenters. The number of nitrogens with zero attached hydrogens (tertiary/aromatic N) is 3. The number of carbonyl (C=O) groups excluding carboxylic acids is 1. The lowest BCUT2D eigenvalue weighted by Gasteiger charge is -2.41. The zero-order valence-electron chi connectivity index (χ0n) is 21.6. The average Bonchev–Trinajstić information content (AvgIpc) is 2.78. The lowest BCUT2D eigenvalue weighted by molar-refractivity contribution is -0.119. The third kappa shape index (κ3) is 6.10. The molecule has 2 unspecified atom stereocenters. The molecule has 184 valence electrons. The molecule has 0 N–H and O–H groups in total. The van der Waals surface area contributed by atoms with Gasteiger partial charge in [-0.05, 0) is 74.6 Å². The highest BCUT2D eigenvalue weighted by atomic mass is 16.5. The van der Waals surface area contributed by atoms with Crippen LogP contribution in [-0.4, -0.2) is 68.7 Å². The fraction of sp³-hybridized carbons (Fsp3) is 0.750. The van der Waals surface area contributed by atoms with Crippen molar-refractivity contribution in [3.63, 3.8) is 0 Å². The van der Waals surface area contributed by atoms with Crippen molar-refractivity contribution in [3.8, 4) is 0 Å². The fourth-order valence-corrected chi connectivity index (χ4v) is 5.96. The van der Waals surface area contributed by atoms with Crippen LogP contribution in [0.25, 0.3) is 0 Å². The first kappa shape index (κ1) is 24.5. The van der Waals surface area contributed by atoms with Crippen molar-refractivity contribution in [1.29, 1.82) is 0 Å². The lowest BCUT2D eigenvalue weighted by Crippen LogP contribution is -2.48. The Hall–Kier alpha value is -1.59. The van der Waals surface area contributed by atoms with Crippen LogP contribution in [0, 0.1) is 5.41 Å². The molecule has 1 saturated carbocycles. The molecule has 33 heavy (non-hydrogen) atoms. The Morgan fingerprint density at radius 3 is 2.24 bits per heavy atom. The molecule has 3 fully saturated rings. The highest BCUT2D eigenvalue weighted by Crippen LogP contribution is 2.45. The van der Waals surface area contributed by atoms with E-state index in [1.165, 1.54) is 37.1 Å². The minimum absolute atomic E-state index is 0.270. The van der Waals surface area contributed by atoms with Gasteiger partial charge in [-0.1, -0.05) is 20.8 Å². The Morgan fingerprint density at radius 2 is 1.64 bits per heavy atom. The average molecular weight is 456 g/mol. The zero-order chi connectivity index (χ0) is 23.6. The van der Waals surface area contributed by atoms with Crippen LogP contribution in [0.2, 0.25) is 0 Å². The Bertz CT molecular complexity index is 795. The van der Waals surface area contributed by atoms with Gasteiger partial charge in [0.2, 0.25) is 0 Å². The van der Waals surface area contributed by atoms with Gasteiger partial charge in [0.25, 0.3) is 0 Å². The van der Waals surface area contributed by atoms with E-state index in [9.17, 15) is 4.79 Å². The van der Waals surface area contributed by atoms with Crippen LogP contribution < -0.4 is 9.80 Å². The number of ether oxygens (including phenoxy) is 1. The lowest BCUT2D eigenvalue weighted by atomic mass is 9.71. The predicted molar refractivity (Wildman–Crippen MR) is 138 cm³/mol. The number of rotatable bonds is 6. The Balaban J connectivity index is 1.55. The molecule has 0 bridgehead atoms. The smallest absolute Gasteiger partial charge is 0.146 e. The minimum atomic E-state index is 0.270. The van der Waals surface area contributed by atoms with E-state index < -0.39 is 0 Å². The second-order valence-electron chi connectivity index (χ2n) is 11.5. The van der Waals surface area contributed by atoms with Gasteiger partial charge in [-0.25, -0.2) is 0 Å². The molecule has 0 aromatic heterocycles. The maximum Gasteiger partial charge on any atom is 0.146 e. The molecule has 0 amide bonds.